The maximum atomic E-state index is 13.0. The zero-order valence-electron chi connectivity index (χ0n) is 17.2. The minimum absolute atomic E-state index is 0.00142. The van der Waals surface area contributed by atoms with E-state index in [-0.39, 0.29) is 36.7 Å². The van der Waals surface area contributed by atoms with E-state index in [1.807, 2.05) is 17.9 Å². The average Bonchev–Trinajstić information content (AvgIpc) is 3.27. The highest BCUT2D eigenvalue weighted by molar-refractivity contribution is 6.21. The van der Waals surface area contributed by atoms with Crippen molar-refractivity contribution < 1.29 is 14.4 Å². The molecule has 2 aliphatic heterocycles. The van der Waals surface area contributed by atoms with Gasteiger partial charge in [-0.2, -0.15) is 0 Å². The summed E-state index contributed by atoms with van der Waals surface area (Å²) in [5.74, 6) is -0.600. The molecule has 2 heterocycles. The van der Waals surface area contributed by atoms with Crippen LogP contribution in [0, 0.1) is 20.8 Å². The van der Waals surface area contributed by atoms with E-state index in [0.29, 0.717) is 11.1 Å². The lowest BCUT2D eigenvalue weighted by atomic mass is 9.99. The van der Waals surface area contributed by atoms with Gasteiger partial charge >= 0.3 is 0 Å². The van der Waals surface area contributed by atoms with E-state index in [1.54, 1.807) is 12.1 Å². The molecule has 3 amide bonds. The van der Waals surface area contributed by atoms with Gasteiger partial charge in [0, 0.05) is 19.5 Å². The van der Waals surface area contributed by atoms with E-state index in [1.165, 1.54) is 16.0 Å². The number of nitrogens with zero attached hydrogens (tertiary/aromatic N) is 2. The van der Waals surface area contributed by atoms with E-state index in [2.05, 4.69) is 32.0 Å². The van der Waals surface area contributed by atoms with Crippen molar-refractivity contribution in [3.05, 3.63) is 69.8 Å². The highest BCUT2D eigenvalue weighted by Crippen LogP contribution is 2.33. The number of benzene rings is 2. The summed E-state index contributed by atoms with van der Waals surface area (Å²) in [5.41, 5.74) is 5.44. The third kappa shape index (κ3) is 3.46. The predicted molar refractivity (Wildman–Crippen MR) is 111 cm³/mol. The first kappa shape index (κ1) is 19.4. The Morgan fingerprint density at radius 1 is 0.966 bits per heavy atom. The number of hydrogen-bond donors (Lipinski definition) is 0. The maximum absolute atomic E-state index is 13.0. The number of fused-ring (bicyclic) bond motifs is 1. The summed E-state index contributed by atoms with van der Waals surface area (Å²) in [7, 11) is 0. The quantitative estimate of drug-likeness (QED) is 0.743. The van der Waals surface area contributed by atoms with Crippen LogP contribution in [-0.2, 0) is 4.79 Å². The number of imide groups is 1. The Balaban J connectivity index is 1.45. The van der Waals surface area contributed by atoms with Gasteiger partial charge in [-0.05, 0) is 62.4 Å². The van der Waals surface area contributed by atoms with Crippen LogP contribution in [0.3, 0.4) is 0 Å². The van der Waals surface area contributed by atoms with Gasteiger partial charge in [-0.3, -0.25) is 19.3 Å². The Morgan fingerprint density at radius 3 is 2.48 bits per heavy atom. The SMILES string of the molecule is Cc1ccc2c(c1)C(=O)N(CCC(=O)N1CCCC1c1ccc(C)c(C)c1)C2=O. The molecule has 1 atom stereocenters. The van der Waals surface area contributed by atoms with Gasteiger partial charge in [0.1, 0.15) is 0 Å². The van der Waals surface area contributed by atoms with Gasteiger partial charge in [-0.1, -0.05) is 29.8 Å². The van der Waals surface area contributed by atoms with Crippen molar-refractivity contribution in [1.29, 1.82) is 0 Å². The number of carbonyl (C=O) groups is 3. The number of likely N-dealkylation sites (tertiary alicyclic amines) is 1. The number of carbonyl (C=O) groups excluding carboxylic acids is 3. The molecule has 1 unspecified atom stereocenters. The number of aryl methyl sites for hydroxylation is 3. The van der Waals surface area contributed by atoms with Crippen LogP contribution in [0.5, 0.6) is 0 Å². The zero-order valence-corrected chi connectivity index (χ0v) is 17.2. The molecule has 5 nitrogen and oxygen atoms in total. The molecule has 0 radical (unpaired) electrons. The molecule has 0 aromatic heterocycles. The maximum Gasteiger partial charge on any atom is 0.261 e. The lowest BCUT2D eigenvalue weighted by Gasteiger charge is -2.26. The summed E-state index contributed by atoms with van der Waals surface area (Å²) >= 11 is 0. The van der Waals surface area contributed by atoms with Crippen LogP contribution in [-0.4, -0.2) is 40.6 Å². The van der Waals surface area contributed by atoms with Gasteiger partial charge in [0.15, 0.2) is 0 Å². The van der Waals surface area contributed by atoms with Crippen LogP contribution in [0.25, 0.3) is 0 Å². The Morgan fingerprint density at radius 2 is 1.72 bits per heavy atom. The predicted octanol–water partition coefficient (Wildman–Crippen LogP) is 3.96. The molecule has 150 valence electrons. The summed E-state index contributed by atoms with van der Waals surface area (Å²) in [6.07, 6.45) is 2.07. The standard InChI is InChI=1S/C24H26N2O3/c1-15-6-9-19-20(13-15)24(29)26(23(19)28)12-10-22(27)25-11-4-5-21(25)18-8-7-16(2)17(3)14-18/h6-9,13-14,21H,4-5,10-12H2,1-3H3. The monoisotopic (exact) mass is 390 g/mol. The van der Waals surface area contributed by atoms with Crippen LogP contribution < -0.4 is 0 Å². The van der Waals surface area contributed by atoms with Gasteiger partial charge < -0.3 is 4.90 Å². The largest absolute Gasteiger partial charge is 0.336 e. The Hall–Kier alpha value is -2.95. The molecular formula is C24H26N2O3. The molecule has 0 bridgehead atoms. The molecule has 5 heteroatoms. The van der Waals surface area contributed by atoms with Crippen molar-refractivity contribution >= 4 is 17.7 Å². The fourth-order valence-electron chi connectivity index (χ4n) is 4.34. The van der Waals surface area contributed by atoms with E-state index < -0.39 is 0 Å². The summed E-state index contributed by atoms with van der Waals surface area (Å²) in [6.45, 7) is 6.91. The fourth-order valence-corrected chi connectivity index (χ4v) is 4.34. The zero-order chi connectivity index (χ0) is 20.7. The van der Waals surface area contributed by atoms with Crippen molar-refractivity contribution in [2.75, 3.05) is 13.1 Å². The molecule has 2 aliphatic rings. The van der Waals surface area contributed by atoms with Gasteiger partial charge in [0.05, 0.1) is 17.2 Å². The van der Waals surface area contributed by atoms with Gasteiger partial charge in [-0.15, -0.1) is 0 Å². The first-order valence-corrected chi connectivity index (χ1v) is 10.2. The second-order valence-corrected chi connectivity index (χ2v) is 8.15. The second kappa shape index (κ2) is 7.47. The normalized spacial score (nSPS) is 18.5. The first-order valence-electron chi connectivity index (χ1n) is 10.2. The fraction of sp³-hybridized carbons (Fsp3) is 0.375. The second-order valence-electron chi connectivity index (χ2n) is 8.15. The van der Waals surface area contributed by atoms with E-state index in [4.69, 9.17) is 0 Å². The number of amides is 3. The Kier molecular flexibility index (Phi) is 4.99. The van der Waals surface area contributed by atoms with Crippen LogP contribution in [0.15, 0.2) is 36.4 Å². The van der Waals surface area contributed by atoms with E-state index in [9.17, 15) is 14.4 Å². The number of rotatable bonds is 4. The third-order valence-electron chi connectivity index (χ3n) is 6.16. The van der Waals surface area contributed by atoms with Crippen molar-refractivity contribution in [2.24, 2.45) is 0 Å². The molecule has 0 N–H and O–H groups in total. The number of hydrogen-bond acceptors (Lipinski definition) is 3. The smallest absolute Gasteiger partial charge is 0.261 e. The van der Waals surface area contributed by atoms with Crippen LogP contribution in [0.1, 0.15) is 68.3 Å². The molecule has 0 aliphatic carbocycles. The third-order valence-corrected chi connectivity index (χ3v) is 6.16. The summed E-state index contributed by atoms with van der Waals surface area (Å²) in [4.78, 5) is 41.3. The molecule has 2 aromatic rings. The first-order chi connectivity index (χ1) is 13.9. The summed E-state index contributed by atoms with van der Waals surface area (Å²) in [6, 6.07) is 11.7. The molecule has 0 spiro atoms. The van der Waals surface area contributed by atoms with Gasteiger partial charge in [0.2, 0.25) is 5.91 Å². The van der Waals surface area contributed by atoms with Crippen LogP contribution in [0.2, 0.25) is 0 Å². The molecular weight excluding hydrogens is 364 g/mol. The minimum Gasteiger partial charge on any atom is -0.336 e. The lowest BCUT2D eigenvalue weighted by molar-refractivity contribution is -0.132. The summed E-state index contributed by atoms with van der Waals surface area (Å²) < 4.78 is 0. The highest BCUT2D eigenvalue weighted by atomic mass is 16.2. The van der Waals surface area contributed by atoms with Crippen molar-refractivity contribution in [1.82, 2.24) is 9.80 Å². The highest BCUT2D eigenvalue weighted by Gasteiger charge is 2.36. The van der Waals surface area contributed by atoms with Crippen LogP contribution >= 0.6 is 0 Å². The van der Waals surface area contributed by atoms with Crippen LogP contribution in [0.4, 0.5) is 0 Å². The lowest BCUT2D eigenvalue weighted by Crippen LogP contribution is -2.36. The van der Waals surface area contributed by atoms with Crippen molar-refractivity contribution in [3.8, 4) is 0 Å². The average molecular weight is 390 g/mol. The molecule has 1 fully saturated rings. The van der Waals surface area contributed by atoms with Gasteiger partial charge in [-0.25, -0.2) is 0 Å². The topological polar surface area (TPSA) is 57.7 Å². The minimum atomic E-state index is -0.301. The van der Waals surface area contributed by atoms with Crippen molar-refractivity contribution in [2.45, 2.75) is 46.1 Å². The summed E-state index contributed by atoms with van der Waals surface area (Å²) in [5, 5.41) is 0. The molecule has 1 saturated heterocycles. The van der Waals surface area contributed by atoms with E-state index >= 15 is 0 Å². The molecule has 4 rings (SSSR count). The molecule has 29 heavy (non-hydrogen) atoms. The van der Waals surface area contributed by atoms with Gasteiger partial charge in [0.25, 0.3) is 11.8 Å². The molecule has 2 aromatic carbocycles. The Bertz CT molecular complexity index is 1010. The Labute approximate surface area is 171 Å². The van der Waals surface area contributed by atoms with Crippen molar-refractivity contribution in [3.63, 3.8) is 0 Å². The van der Waals surface area contributed by atoms with E-state index in [0.717, 1.165) is 30.5 Å². The molecule has 0 saturated carbocycles.